The highest BCUT2D eigenvalue weighted by Crippen LogP contribution is 2.35. The number of hydrogen-bond donors (Lipinski definition) is 1. The molecule has 0 spiro atoms. The van der Waals surface area contributed by atoms with E-state index in [1.165, 1.54) is 24.3 Å². The summed E-state index contributed by atoms with van der Waals surface area (Å²) in [6, 6.07) is 17.5. The van der Waals surface area contributed by atoms with E-state index in [-0.39, 0.29) is 23.8 Å². The van der Waals surface area contributed by atoms with Crippen LogP contribution in [-0.4, -0.2) is 36.5 Å². The van der Waals surface area contributed by atoms with Crippen molar-refractivity contribution in [1.82, 2.24) is 0 Å². The molecule has 0 atom stereocenters. The molecular weight excluding hydrogens is 474 g/mol. The highest BCUT2D eigenvalue weighted by Gasteiger charge is 2.25. The summed E-state index contributed by atoms with van der Waals surface area (Å²) in [6.45, 7) is 0.917. The second-order valence-electron chi connectivity index (χ2n) is 7.78. The number of nitrogens with one attached hydrogen (secondary N) is 1. The van der Waals surface area contributed by atoms with Gasteiger partial charge in [-0.3, -0.25) is 19.7 Å². The summed E-state index contributed by atoms with van der Waals surface area (Å²) in [6.07, 6.45) is 1.44. The fourth-order valence-electron chi connectivity index (χ4n) is 3.56. The van der Waals surface area contributed by atoms with Crippen LogP contribution in [0.15, 0.2) is 66.7 Å². The topological polar surface area (TPSA) is 111 Å². The number of fused-ring (bicyclic) bond motifs is 1. The number of amides is 2. The highest BCUT2D eigenvalue weighted by molar-refractivity contribution is 6.30. The van der Waals surface area contributed by atoms with E-state index in [0.717, 1.165) is 12.2 Å². The van der Waals surface area contributed by atoms with Gasteiger partial charge in [-0.25, -0.2) is 0 Å². The van der Waals surface area contributed by atoms with Crippen LogP contribution >= 0.6 is 11.6 Å². The molecule has 0 saturated heterocycles. The van der Waals surface area contributed by atoms with Crippen molar-refractivity contribution >= 4 is 40.5 Å². The maximum Gasteiger partial charge on any atom is 0.269 e. The fourth-order valence-corrected chi connectivity index (χ4v) is 3.68. The van der Waals surface area contributed by atoms with Gasteiger partial charge in [-0.1, -0.05) is 11.6 Å². The molecule has 0 radical (unpaired) electrons. The number of carbonyl (C=O) groups is 2. The SMILES string of the molecule is O=C(Nc1ccc2c(c1)N(CCCCOc1ccc(Cl)cc1)C(=O)CO2)c1ccc([N+](=O)[O-])cc1. The first-order valence-corrected chi connectivity index (χ1v) is 11.3. The van der Waals surface area contributed by atoms with Crippen LogP contribution in [0.25, 0.3) is 0 Å². The van der Waals surface area contributed by atoms with Gasteiger partial charge in [0.25, 0.3) is 17.5 Å². The Morgan fingerprint density at radius 2 is 1.83 bits per heavy atom. The summed E-state index contributed by atoms with van der Waals surface area (Å²) < 4.78 is 11.2. The Kier molecular flexibility index (Phi) is 7.47. The third-order valence-electron chi connectivity index (χ3n) is 5.36. The zero-order valence-corrected chi connectivity index (χ0v) is 19.4. The number of anilines is 2. The normalized spacial score (nSPS) is 12.5. The van der Waals surface area contributed by atoms with E-state index >= 15 is 0 Å². The number of nitro groups is 1. The van der Waals surface area contributed by atoms with E-state index < -0.39 is 10.8 Å². The van der Waals surface area contributed by atoms with E-state index in [1.54, 1.807) is 47.4 Å². The second-order valence-corrected chi connectivity index (χ2v) is 8.22. The lowest BCUT2D eigenvalue weighted by Crippen LogP contribution is -2.39. The Hall–Kier alpha value is -4.11. The van der Waals surface area contributed by atoms with Gasteiger partial charge in [-0.15, -0.1) is 0 Å². The molecule has 10 heteroatoms. The lowest BCUT2D eigenvalue weighted by Gasteiger charge is -2.30. The number of rotatable bonds is 9. The van der Waals surface area contributed by atoms with Crippen LogP contribution in [0.4, 0.5) is 17.1 Å². The molecule has 0 aliphatic carbocycles. The first kappa shape index (κ1) is 24.0. The van der Waals surface area contributed by atoms with Gasteiger partial charge in [0, 0.05) is 35.0 Å². The maximum absolute atomic E-state index is 12.6. The van der Waals surface area contributed by atoms with Gasteiger partial charge in [0.2, 0.25) is 0 Å². The number of halogens is 1. The standard InChI is InChI=1S/C25H22ClN3O6/c26-18-5-10-21(11-6-18)34-14-2-1-13-28-22-15-19(7-12-23(22)35-16-24(28)30)27-25(31)17-3-8-20(9-4-17)29(32)33/h3-12,15H,1-2,13-14,16H2,(H,27,31). The molecule has 2 amide bonds. The first-order valence-electron chi connectivity index (χ1n) is 10.9. The van der Waals surface area contributed by atoms with E-state index in [1.807, 2.05) is 0 Å². The molecule has 4 rings (SSSR count). The second kappa shape index (κ2) is 10.9. The Bertz CT molecular complexity index is 1230. The van der Waals surface area contributed by atoms with E-state index in [0.29, 0.717) is 41.7 Å². The molecule has 1 N–H and O–H groups in total. The van der Waals surface area contributed by atoms with Gasteiger partial charge in [0.05, 0.1) is 17.2 Å². The van der Waals surface area contributed by atoms with Gasteiger partial charge in [0.1, 0.15) is 11.5 Å². The van der Waals surface area contributed by atoms with Crippen molar-refractivity contribution in [3.05, 3.63) is 87.4 Å². The van der Waals surface area contributed by atoms with Crippen molar-refractivity contribution in [2.45, 2.75) is 12.8 Å². The molecule has 0 unspecified atom stereocenters. The van der Waals surface area contributed by atoms with Crippen molar-refractivity contribution < 1.29 is 24.0 Å². The van der Waals surface area contributed by atoms with E-state index in [2.05, 4.69) is 5.32 Å². The zero-order chi connectivity index (χ0) is 24.8. The smallest absolute Gasteiger partial charge is 0.269 e. The average Bonchev–Trinajstić information content (AvgIpc) is 2.86. The number of unbranched alkanes of at least 4 members (excludes halogenated alkanes) is 1. The van der Waals surface area contributed by atoms with Crippen LogP contribution in [-0.2, 0) is 4.79 Å². The van der Waals surface area contributed by atoms with Gasteiger partial charge in [0.15, 0.2) is 6.61 Å². The summed E-state index contributed by atoms with van der Waals surface area (Å²) in [5.74, 6) is 0.690. The number of non-ortho nitro benzene ring substituents is 1. The van der Waals surface area contributed by atoms with Crippen LogP contribution in [0.2, 0.25) is 5.02 Å². The van der Waals surface area contributed by atoms with Gasteiger partial charge >= 0.3 is 0 Å². The molecule has 0 aromatic heterocycles. The average molecular weight is 496 g/mol. The van der Waals surface area contributed by atoms with E-state index in [9.17, 15) is 19.7 Å². The number of nitro benzene ring substituents is 1. The molecule has 0 bridgehead atoms. The summed E-state index contributed by atoms with van der Waals surface area (Å²) in [7, 11) is 0. The minimum atomic E-state index is -0.527. The minimum absolute atomic E-state index is 0.0528. The molecule has 3 aromatic rings. The monoisotopic (exact) mass is 495 g/mol. The zero-order valence-electron chi connectivity index (χ0n) is 18.6. The van der Waals surface area contributed by atoms with Gasteiger partial charge in [-0.05, 0) is 67.4 Å². The molecule has 0 fully saturated rings. The Morgan fingerprint density at radius 3 is 2.54 bits per heavy atom. The minimum Gasteiger partial charge on any atom is -0.494 e. The Balaban J connectivity index is 1.37. The molecular formula is C25H22ClN3O6. The van der Waals surface area contributed by atoms with Crippen molar-refractivity contribution in [3.63, 3.8) is 0 Å². The van der Waals surface area contributed by atoms with Crippen LogP contribution in [0, 0.1) is 10.1 Å². The number of carbonyl (C=O) groups excluding carboxylic acids is 2. The largest absolute Gasteiger partial charge is 0.494 e. The summed E-state index contributed by atoms with van der Waals surface area (Å²) in [5, 5.41) is 14.2. The molecule has 1 heterocycles. The molecule has 9 nitrogen and oxygen atoms in total. The maximum atomic E-state index is 12.6. The molecule has 0 saturated carbocycles. The molecule has 35 heavy (non-hydrogen) atoms. The summed E-state index contributed by atoms with van der Waals surface area (Å²) in [4.78, 5) is 37.0. The van der Waals surface area contributed by atoms with Crippen LogP contribution in [0.1, 0.15) is 23.2 Å². The lowest BCUT2D eigenvalue weighted by molar-refractivity contribution is -0.384. The van der Waals surface area contributed by atoms with Crippen molar-refractivity contribution in [3.8, 4) is 11.5 Å². The lowest BCUT2D eigenvalue weighted by atomic mass is 10.1. The number of hydrogen-bond acceptors (Lipinski definition) is 6. The molecule has 3 aromatic carbocycles. The van der Waals surface area contributed by atoms with Crippen molar-refractivity contribution in [2.75, 3.05) is 30.0 Å². The number of ether oxygens (including phenoxy) is 2. The van der Waals surface area contributed by atoms with Crippen LogP contribution in [0.3, 0.4) is 0 Å². The third-order valence-corrected chi connectivity index (χ3v) is 5.61. The van der Waals surface area contributed by atoms with E-state index in [4.69, 9.17) is 21.1 Å². The van der Waals surface area contributed by atoms with Gasteiger partial charge in [-0.2, -0.15) is 0 Å². The van der Waals surface area contributed by atoms with Gasteiger partial charge < -0.3 is 19.7 Å². The summed E-state index contributed by atoms with van der Waals surface area (Å²) in [5.41, 5.74) is 1.22. The fraction of sp³-hybridized carbons (Fsp3) is 0.200. The first-order chi connectivity index (χ1) is 16.9. The summed E-state index contributed by atoms with van der Waals surface area (Å²) >= 11 is 5.87. The molecule has 1 aliphatic heterocycles. The molecule has 1 aliphatic rings. The third kappa shape index (κ3) is 6.07. The quantitative estimate of drug-likeness (QED) is 0.251. The van der Waals surface area contributed by atoms with Crippen molar-refractivity contribution in [2.24, 2.45) is 0 Å². The molecule has 180 valence electrons. The predicted octanol–water partition coefficient (Wildman–Crippen LogP) is 5.09. The highest BCUT2D eigenvalue weighted by atomic mass is 35.5. The Morgan fingerprint density at radius 1 is 1.09 bits per heavy atom. The van der Waals surface area contributed by atoms with Crippen LogP contribution in [0.5, 0.6) is 11.5 Å². The van der Waals surface area contributed by atoms with Crippen LogP contribution < -0.4 is 19.7 Å². The van der Waals surface area contributed by atoms with Crippen molar-refractivity contribution in [1.29, 1.82) is 0 Å². The number of nitrogens with zero attached hydrogens (tertiary/aromatic N) is 2. The Labute approximate surface area is 206 Å². The predicted molar refractivity (Wildman–Crippen MR) is 132 cm³/mol. The number of benzene rings is 3.